The summed E-state index contributed by atoms with van der Waals surface area (Å²) in [6, 6.07) is 2.63. The van der Waals surface area contributed by atoms with Crippen LogP contribution in [0.15, 0.2) is 18.2 Å². The highest BCUT2D eigenvalue weighted by molar-refractivity contribution is 6.03. The number of nitrogens with zero attached hydrogens (tertiary/aromatic N) is 2. The Morgan fingerprint density at radius 1 is 1.17 bits per heavy atom. The summed E-state index contributed by atoms with van der Waals surface area (Å²) >= 11 is 0. The molecule has 0 saturated carbocycles. The molecule has 1 fully saturated rings. The van der Waals surface area contributed by atoms with Crippen LogP contribution in [0.1, 0.15) is 43.1 Å². The van der Waals surface area contributed by atoms with Crippen LogP contribution in [0.2, 0.25) is 0 Å². The number of carbonyl (C=O) groups excluding carboxylic acids is 3. The highest BCUT2D eigenvalue weighted by atomic mass is 19.4. The average Bonchev–Trinajstić information content (AvgIpc) is 2.68. The largest absolute Gasteiger partial charge is 0.573 e. The topological polar surface area (TPSA) is 66.9 Å². The molecule has 0 radical (unpaired) electrons. The molecule has 1 aromatic carbocycles. The van der Waals surface area contributed by atoms with E-state index in [-0.39, 0.29) is 48.7 Å². The fourth-order valence-corrected chi connectivity index (χ4v) is 3.66. The maximum atomic E-state index is 13.0. The maximum Gasteiger partial charge on any atom is 0.573 e. The Kier molecular flexibility index (Phi) is 5.36. The first-order chi connectivity index (χ1) is 13.3. The molecule has 0 spiro atoms. The van der Waals surface area contributed by atoms with Crippen molar-refractivity contribution in [3.8, 4) is 5.75 Å². The monoisotopic (exact) mass is 412 g/mol. The number of hydrogen-bond acceptors (Lipinski definition) is 4. The molecule has 158 valence electrons. The summed E-state index contributed by atoms with van der Waals surface area (Å²) in [4.78, 5) is 41.2. The van der Waals surface area contributed by atoms with Gasteiger partial charge in [-0.3, -0.25) is 14.4 Å². The van der Waals surface area contributed by atoms with Crippen LogP contribution in [-0.2, 0) is 16.0 Å². The number of hydrogen-bond donors (Lipinski definition) is 0. The van der Waals surface area contributed by atoms with E-state index in [1.165, 1.54) is 11.0 Å². The van der Waals surface area contributed by atoms with Gasteiger partial charge in [-0.05, 0) is 23.1 Å². The van der Waals surface area contributed by atoms with Crippen molar-refractivity contribution in [2.24, 2.45) is 5.41 Å². The summed E-state index contributed by atoms with van der Waals surface area (Å²) in [5, 5.41) is 0. The smallest absolute Gasteiger partial charge is 0.406 e. The summed E-state index contributed by atoms with van der Waals surface area (Å²) in [6.07, 6.45) is -4.64. The first-order valence-electron chi connectivity index (χ1n) is 9.34. The number of Topliss-reactive ketones (excluding diaryl/α,β-unsaturated/α-hetero) is 1. The second kappa shape index (κ2) is 7.35. The summed E-state index contributed by atoms with van der Waals surface area (Å²) < 4.78 is 41.4. The lowest BCUT2D eigenvalue weighted by Crippen LogP contribution is -2.59. The standard InChI is InChI=1S/C20H23F3N2O4/c1-19(2,3)10-17(27)24-6-7-25-15(11-24)16(26)8-12-4-5-13(29-20(21,22)23)9-14(12)18(25)28/h4-5,9,15H,6-8,10-11H2,1-3H3. The van der Waals surface area contributed by atoms with Gasteiger partial charge < -0.3 is 14.5 Å². The quantitative estimate of drug-likeness (QED) is 0.749. The highest BCUT2D eigenvalue weighted by Crippen LogP contribution is 2.30. The molecular formula is C20H23F3N2O4. The first kappa shape index (κ1) is 21.1. The number of ether oxygens (including phenoxy) is 1. The van der Waals surface area contributed by atoms with E-state index in [2.05, 4.69) is 4.74 Å². The highest BCUT2D eigenvalue weighted by Gasteiger charge is 2.41. The van der Waals surface area contributed by atoms with Gasteiger partial charge in [0.15, 0.2) is 5.78 Å². The Bertz CT molecular complexity index is 845. The van der Waals surface area contributed by atoms with E-state index in [0.29, 0.717) is 12.0 Å². The van der Waals surface area contributed by atoms with Gasteiger partial charge >= 0.3 is 6.36 Å². The Morgan fingerprint density at radius 2 is 1.86 bits per heavy atom. The first-order valence-corrected chi connectivity index (χ1v) is 9.34. The van der Waals surface area contributed by atoms with Gasteiger partial charge in [0.25, 0.3) is 5.91 Å². The number of amides is 2. The Balaban J connectivity index is 1.83. The molecule has 0 aromatic heterocycles. The number of rotatable bonds is 2. The minimum atomic E-state index is -4.88. The Morgan fingerprint density at radius 3 is 2.48 bits per heavy atom. The van der Waals surface area contributed by atoms with Gasteiger partial charge in [0, 0.05) is 38.0 Å². The van der Waals surface area contributed by atoms with Crippen molar-refractivity contribution >= 4 is 17.6 Å². The van der Waals surface area contributed by atoms with Crippen LogP contribution in [0.4, 0.5) is 13.2 Å². The molecule has 3 rings (SSSR count). The summed E-state index contributed by atoms with van der Waals surface area (Å²) in [5.74, 6) is -1.35. The summed E-state index contributed by atoms with van der Waals surface area (Å²) in [6.45, 7) is 6.35. The van der Waals surface area contributed by atoms with E-state index in [1.807, 2.05) is 20.8 Å². The normalized spacial score (nSPS) is 20.1. The van der Waals surface area contributed by atoms with Crippen molar-refractivity contribution in [2.75, 3.05) is 19.6 Å². The van der Waals surface area contributed by atoms with Gasteiger partial charge in [-0.15, -0.1) is 13.2 Å². The number of benzene rings is 1. The molecule has 1 aromatic rings. The lowest BCUT2D eigenvalue weighted by Gasteiger charge is -2.40. The zero-order valence-electron chi connectivity index (χ0n) is 16.5. The van der Waals surface area contributed by atoms with E-state index in [1.54, 1.807) is 4.90 Å². The molecule has 0 bridgehead atoms. The van der Waals surface area contributed by atoms with Crippen LogP contribution in [0.25, 0.3) is 0 Å². The Hall–Kier alpha value is -2.58. The molecule has 1 saturated heterocycles. The van der Waals surface area contributed by atoms with Crippen molar-refractivity contribution in [1.29, 1.82) is 0 Å². The molecule has 6 nitrogen and oxygen atoms in total. The van der Waals surface area contributed by atoms with Gasteiger partial charge in [-0.1, -0.05) is 26.8 Å². The van der Waals surface area contributed by atoms with E-state index >= 15 is 0 Å². The molecule has 1 unspecified atom stereocenters. The van der Waals surface area contributed by atoms with Crippen LogP contribution in [0, 0.1) is 5.41 Å². The van der Waals surface area contributed by atoms with E-state index in [4.69, 9.17) is 0 Å². The lowest BCUT2D eigenvalue weighted by atomic mass is 9.91. The molecule has 1 atom stereocenters. The molecule has 2 heterocycles. The number of fused-ring (bicyclic) bond motifs is 2. The zero-order chi connectivity index (χ0) is 21.6. The van der Waals surface area contributed by atoms with Crippen LogP contribution >= 0.6 is 0 Å². The molecule has 2 amide bonds. The van der Waals surface area contributed by atoms with Gasteiger partial charge in [0.2, 0.25) is 5.91 Å². The number of carbonyl (C=O) groups is 3. The van der Waals surface area contributed by atoms with Crippen LogP contribution in [0.5, 0.6) is 5.75 Å². The number of ketones is 1. The molecular weight excluding hydrogens is 389 g/mol. The summed E-state index contributed by atoms with van der Waals surface area (Å²) in [7, 11) is 0. The fraction of sp³-hybridized carbons (Fsp3) is 0.550. The SMILES string of the molecule is CC(C)(C)CC(=O)N1CCN2C(=O)c3cc(OC(F)(F)F)ccc3CC(=O)C2C1. The Labute approximate surface area is 166 Å². The molecule has 9 heteroatoms. The van der Waals surface area contributed by atoms with Crippen molar-refractivity contribution in [1.82, 2.24) is 9.80 Å². The molecule has 2 aliphatic heterocycles. The third-order valence-electron chi connectivity index (χ3n) is 4.96. The predicted octanol–water partition coefficient (Wildman–Crippen LogP) is 2.80. The van der Waals surface area contributed by atoms with Crippen LogP contribution < -0.4 is 4.74 Å². The van der Waals surface area contributed by atoms with Crippen molar-refractivity contribution in [3.05, 3.63) is 29.3 Å². The number of piperazine rings is 1. The lowest BCUT2D eigenvalue weighted by molar-refractivity contribution is -0.274. The average molecular weight is 412 g/mol. The molecule has 0 aliphatic carbocycles. The predicted molar refractivity (Wildman–Crippen MR) is 97.3 cm³/mol. The zero-order valence-corrected chi connectivity index (χ0v) is 16.5. The van der Waals surface area contributed by atoms with Gasteiger partial charge in [-0.2, -0.15) is 0 Å². The number of halogens is 3. The molecule has 29 heavy (non-hydrogen) atoms. The van der Waals surface area contributed by atoms with E-state index in [9.17, 15) is 27.6 Å². The van der Waals surface area contributed by atoms with Crippen molar-refractivity contribution in [2.45, 2.75) is 46.0 Å². The van der Waals surface area contributed by atoms with Gasteiger partial charge in [0.05, 0.1) is 0 Å². The second-order valence-electron chi connectivity index (χ2n) is 8.60. The minimum absolute atomic E-state index is 0.0251. The third kappa shape index (κ3) is 4.89. The van der Waals surface area contributed by atoms with Crippen molar-refractivity contribution < 1.29 is 32.3 Å². The summed E-state index contributed by atoms with van der Waals surface area (Å²) in [5.41, 5.74) is 0.177. The third-order valence-corrected chi connectivity index (χ3v) is 4.96. The van der Waals surface area contributed by atoms with Crippen molar-refractivity contribution in [3.63, 3.8) is 0 Å². The fourth-order valence-electron chi connectivity index (χ4n) is 3.66. The molecule has 2 aliphatic rings. The van der Waals surface area contributed by atoms with Crippen LogP contribution in [0.3, 0.4) is 0 Å². The number of alkyl halides is 3. The molecule has 0 N–H and O–H groups in total. The maximum absolute atomic E-state index is 13.0. The minimum Gasteiger partial charge on any atom is -0.406 e. The van der Waals surface area contributed by atoms with Gasteiger partial charge in [0.1, 0.15) is 11.8 Å². The van der Waals surface area contributed by atoms with Gasteiger partial charge in [-0.25, -0.2) is 0 Å². The second-order valence-corrected chi connectivity index (χ2v) is 8.60. The van der Waals surface area contributed by atoms with E-state index < -0.39 is 24.1 Å². The van der Waals surface area contributed by atoms with E-state index in [0.717, 1.165) is 12.1 Å². The van der Waals surface area contributed by atoms with Crippen LogP contribution in [-0.4, -0.2) is 59.4 Å².